The summed E-state index contributed by atoms with van der Waals surface area (Å²) in [5.41, 5.74) is 5.81. The number of piperazine rings is 1. The summed E-state index contributed by atoms with van der Waals surface area (Å²) in [5, 5.41) is 0. The molecule has 0 aromatic rings. The Morgan fingerprint density at radius 3 is 2.32 bits per heavy atom. The minimum atomic E-state index is -3.01. The lowest BCUT2D eigenvalue weighted by molar-refractivity contribution is 0.133. The molecule has 1 heterocycles. The van der Waals surface area contributed by atoms with Crippen molar-refractivity contribution in [3.63, 3.8) is 0 Å². The Bertz CT molecular complexity index is 373. The van der Waals surface area contributed by atoms with Crippen LogP contribution < -0.4 is 5.73 Å². The first-order valence-corrected chi connectivity index (χ1v) is 9.09. The van der Waals surface area contributed by atoms with Gasteiger partial charge in [0.15, 0.2) is 0 Å². The topological polar surface area (TPSA) is 66.6 Å². The number of hydrogen-bond acceptors (Lipinski definition) is 4. The molecule has 1 saturated heterocycles. The minimum absolute atomic E-state index is 0.363. The van der Waals surface area contributed by atoms with E-state index in [1.807, 2.05) is 0 Å². The Morgan fingerprint density at radius 2 is 1.84 bits per heavy atom. The van der Waals surface area contributed by atoms with E-state index in [4.69, 9.17) is 5.73 Å². The van der Waals surface area contributed by atoms with Gasteiger partial charge in [-0.15, -0.1) is 0 Å². The van der Waals surface area contributed by atoms with E-state index >= 15 is 0 Å². The maximum absolute atomic E-state index is 12.2. The van der Waals surface area contributed by atoms with E-state index in [0.717, 1.165) is 38.8 Å². The standard InChI is InChI=1S/C13H27N3O2S/c1-2-3-13(10-14)15-6-8-16(9-7-15)19(17,18)11-12-4-5-12/h12-13H,2-11,14H2,1H3. The highest BCUT2D eigenvalue weighted by Crippen LogP contribution is 2.31. The summed E-state index contributed by atoms with van der Waals surface area (Å²) in [6.07, 6.45) is 4.41. The first kappa shape index (κ1) is 15.2. The van der Waals surface area contributed by atoms with Gasteiger partial charge in [-0.2, -0.15) is 4.31 Å². The van der Waals surface area contributed by atoms with Crippen LogP contribution in [0, 0.1) is 5.92 Å². The molecule has 1 saturated carbocycles. The molecule has 2 aliphatic rings. The summed E-state index contributed by atoms with van der Waals surface area (Å²) in [6.45, 7) is 5.75. The molecular weight excluding hydrogens is 262 g/mol. The summed E-state index contributed by atoms with van der Waals surface area (Å²) in [4.78, 5) is 2.35. The van der Waals surface area contributed by atoms with Crippen molar-refractivity contribution in [2.75, 3.05) is 38.5 Å². The molecule has 0 spiro atoms. The molecule has 0 radical (unpaired) electrons. The smallest absolute Gasteiger partial charge is 0.214 e. The Kier molecular flexibility index (Phi) is 5.22. The van der Waals surface area contributed by atoms with Crippen molar-refractivity contribution in [2.24, 2.45) is 11.7 Å². The first-order valence-electron chi connectivity index (χ1n) is 7.48. The van der Waals surface area contributed by atoms with Crippen molar-refractivity contribution in [1.82, 2.24) is 9.21 Å². The van der Waals surface area contributed by atoms with Gasteiger partial charge >= 0.3 is 0 Å². The summed E-state index contributed by atoms with van der Waals surface area (Å²) < 4.78 is 26.1. The SMILES string of the molecule is CCCC(CN)N1CCN(S(=O)(=O)CC2CC2)CC1. The summed E-state index contributed by atoms with van der Waals surface area (Å²) >= 11 is 0. The monoisotopic (exact) mass is 289 g/mol. The highest BCUT2D eigenvalue weighted by Gasteiger charge is 2.34. The molecule has 1 unspecified atom stereocenters. The van der Waals surface area contributed by atoms with Crippen molar-refractivity contribution in [3.05, 3.63) is 0 Å². The highest BCUT2D eigenvalue weighted by molar-refractivity contribution is 7.89. The molecule has 2 fully saturated rings. The largest absolute Gasteiger partial charge is 0.329 e. The summed E-state index contributed by atoms with van der Waals surface area (Å²) in [6, 6.07) is 0.415. The van der Waals surface area contributed by atoms with Crippen LogP contribution in [0.3, 0.4) is 0 Å². The lowest BCUT2D eigenvalue weighted by Crippen LogP contribution is -2.54. The fourth-order valence-corrected chi connectivity index (χ4v) is 4.68. The molecule has 19 heavy (non-hydrogen) atoms. The van der Waals surface area contributed by atoms with Gasteiger partial charge in [-0.1, -0.05) is 13.3 Å². The van der Waals surface area contributed by atoms with Crippen LogP contribution in [0.2, 0.25) is 0 Å². The number of hydrogen-bond donors (Lipinski definition) is 1. The van der Waals surface area contributed by atoms with Crippen LogP contribution in [0.25, 0.3) is 0 Å². The molecule has 1 aliphatic carbocycles. The summed E-state index contributed by atoms with van der Waals surface area (Å²) in [7, 11) is -3.01. The maximum Gasteiger partial charge on any atom is 0.214 e. The van der Waals surface area contributed by atoms with Crippen LogP contribution in [-0.4, -0.2) is 62.1 Å². The first-order chi connectivity index (χ1) is 9.06. The van der Waals surface area contributed by atoms with Gasteiger partial charge in [0.1, 0.15) is 0 Å². The van der Waals surface area contributed by atoms with E-state index in [9.17, 15) is 8.42 Å². The van der Waals surface area contributed by atoms with Crippen LogP contribution in [0.15, 0.2) is 0 Å². The zero-order valence-electron chi connectivity index (χ0n) is 11.9. The number of sulfonamides is 1. The van der Waals surface area contributed by atoms with Crippen molar-refractivity contribution >= 4 is 10.0 Å². The molecule has 0 bridgehead atoms. The third-order valence-corrected chi connectivity index (χ3v) is 6.26. The van der Waals surface area contributed by atoms with Crippen LogP contribution in [0.5, 0.6) is 0 Å². The summed E-state index contributed by atoms with van der Waals surface area (Å²) in [5.74, 6) is 0.794. The molecule has 6 heteroatoms. The minimum Gasteiger partial charge on any atom is -0.329 e. The molecule has 2 N–H and O–H groups in total. The lowest BCUT2D eigenvalue weighted by atomic mass is 10.1. The lowest BCUT2D eigenvalue weighted by Gasteiger charge is -2.38. The quantitative estimate of drug-likeness (QED) is 0.740. The third-order valence-electron chi connectivity index (χ3n) is 4.22. The molecule has 1 aliphatic heterocycles. The van der Waals surface area contributed by atoms with Crippen molar-refractivity contribution in [3.8, 4) is 0 Å². The molecule has 112 valence electrons. The second-order valence-electron chi connectivity index (χ2n) is 5.84. The van der Waals surface area contributed by atoms with E-state index in [1.54, 1.807) is 4.31 Å². The van der Waals surface area contributed by atoms with Crippen LogP contribution in [0.4, 0.5) is 0 Å². The van der Waals surface area contributed by atoms with Gasteiger partial charge in [-0.25, -0.2) is 8.42 Å². The third kappa shape index (κ3) is 4.15. The van der Waals surface area contributed by atoms with Gasteiger partial charge in [-0.3, -0.25) is 4.90 Å². The number of nitrogens with two attached hydrogens (primary N) is 1. The van der Waals surface area contributed by atoms with E-state index in [1.165, 1.54) is 0 Å². The van der Waals surface area contributed by atoms with Crippen molar-refractivity contribution in [2.45, 2.75) is 38.6 Å². The normalized spacial score (nSPS) is 24.5. The van der Waals surface area contributed by atoms with E-state index in [2.05, 4.69) is 11.8 Å². The average molecular weight is 289 g/mol. The molecule has 0 aromatic heterocycles. The second kappa shape index (κ2) is 6.52. The Morgan fingerprint density at radius 1 is 1.21 bits per heavy atom. The van der Waals surface area contributed by atoms with Crippen molar-refractivity contribution in [1.29, 1.82) is 0 Å². The van der Waals surface area contributed by atoms with Crippen molar-refractivity contribution < 1.29 is 8.42 Å². The van der Waals surface area contributed by atoms with Crippen LogP contribution in [0.1, 0.15) is 32.6 Å². The average Bonchev–Trinajstić information content (AvgIpc) is 3.19. The molecular formula is C13H27N3O2S. The number of rotatable bonds is 7. The van der Waals surface area contributed by atoms with E-state index < -0.39 is 10.0 Å². The van der Waals surface area contributed by atoms with Crippen LogP contribution >= 0.6 is 0 Å². The Hall–Kier alpha value is -0.170. The Balaban J connectivity index is 1.84. The number of nitrogens with zero attached hydrogens (tertiary/aromatic N) is 2. The zero-order chi connectivity index (χ0) is 13.9. The molecule has 0 amide bonds. The van der Waals surface area contributed by atoms with Crippen LogP contribution in [-0.2, 0) is 10.0 Å². The fourth-order valence-electron chi connectivity index (χ4n) is 2.82. The van der Waals surface area contributed by atoms with E-state index in [0.29, 0.717) is 37.3 Å². The fraction of sp³-hybridized carbons (Fsp3) is 1.00. The van der Waals surface area contributed by atoms with E-state index in [-0.39, 0.29) is 0 Å². The second-order valence-corrected chi connectivity index (χ2v) is 7.85. The molecule has 0 aromatic carbocycles. The molecule has 5 nitrogen and oxygen atoms in total. The molecule has 2 rings (SSSR count). The predicted octanol–water partition coefficient (Wildman–Crippen LogP) is 0.471. The maximum atomic E-state index is 12.2. The van der Waals surface area contributed by atoms with Gasteiger partial charge in [-0.05, 0) is 25.2 Å². The molecule has 1 atom stereocenters. The van der Waals surface area contributed by atoms with Gasteiger partial charge in [0.25, 0.3) is 0 Å². The van der Waals surface area contributed by atoms with Gasteiger partial charge in [0, 0.05) is 38.8 Å². The van der Waals surface area contributed by atoms with Gasteiger partial charge < -0.3 is 5.73 Å². The zero-order valence-corrected chi connectivity index (χ0v) is 12.7. The Labute approximate surface area is 117 Å². The highest BCUT2D eigenvalue weighted by atomic mass is 32.2. The van der Waals surface area contributed by atoms with Gasteiger partial charge in [0.2, 0.25) is 10.0 Å². The van der Waals surface area contributed by atoms with Gasteiger partial charge in [0.05, 0.1) is 5.75 Å². The predicted molar refractivity (Wildman–Crippen MR) is 77.4 cm³/mol.